The minimum absolute atomic E-state index is 0.161. The van der Waals surface area contributed by atoms with E-state index in [4.69, 9.17) is 14.6 Å². The molecule has 0 amide bonds. The second-order valence-electron chi connectivity index (χ2n) is 8.04. The Hall–Kier alpha value is -3.55. The highest BCUT2D eigenvalue weighted by Gasteiger charge is 2.09. The third-order valence-electron chi connectivity index (χ3n) is 4.44. The molecule has 0 aliphatic carbocycles. The van der Waals surface area contributed by atoms with E-state index >= 15 is 0 Å². The van der Waals surface area contributed by atoms with Gasteiger partial charge in [-0.2, -0.15) is 0 Å². The highest BCUT2D eigenvalue weighted by atomic mass is 16.5. The molecule has 0 unspecified atom stereocenters. The lowest BCUT2D eigenvalue weighted by Gasteiger charge is -2.19. The van der Waals surface area contributed by atoms with Gasteiger partial charge in [0.1, 0.15) is 12.4 Å². The van der Waals surface area contributed by atoms with Crippen molar-refractivity contribution in [1.29, 1.82) is 0 Å². The second kappa shape index (κ2) is 9.97. The molecular formula is C27H26O4. The fourth-order valence-corrected chi connectivity index (χ4v) is 2.84. The van der Waals surface area contributed by atoms with Crippen LogP contribution in [0.25, 0.3) is 11.1 Å². The molecule has 0 radical (unpaired) electrons. The van der Waals surface area contributed by atoms with Crippen LogP contribution in [0.3, 0.4) is 0 Å². The summed E-state index contributed by atoms with van der Waals surface area (Å²) < 4.78 is 11.3. The van der Waals surface area contributed by atoms with Crippen molar-refractivity contribution < 1.29 is 19.4 Å². The van der Waals surface area contributed by atoms with Crippen LogP contribution in [0.4, 0.5) is 0 Å². The average molecular weight is 415 g/mol. The fourth-order valence-electron chi connectivity index (χ4n) is 2.84. The molecule has 3 aromatic carbocycles. The van der Waals surface area contributed by atoms with Crippen molar-refractivity contribution in [3.05, 3.63) is 89.5 Å². The van der Waals surface area contributed by atoms with Crippen LogP contribution in [0.5, 0.6) is 5.75 Å². The van der Waals surface area contributed by atoms with Crippen LogP contribution in [0.2, 0.25) is 0 Å². The Balaban J connectivity index is 1.57. The molecule has 3 rings (SSSR count). The molecule has 1 N–H and O–H groups in total. The first kappa shape index (κ1) is 22.1. The van der Waals surface area contributed by atoms with Crippen LogP contribution in [-0.2, 0) is 4.74 Å². The third kappa shape index (κ3) is 7.02. The molecule has 0 bridgehead atoms. The molecule has 0 saturated carbocycles. The summed E-state index contributed by atoms with van der Waals surface area (Å²) in [7, 11) is 0. The number of hydrogen-bond acceptors (Lipinski definition) is 3. The molecule has 3 aromatic rings. The topological polar surface area (TPSA) is 55.8 Å². The summed E-state index contributed by atoms with van der Waals surface area (Å²) in [5.41, 5.74) is 3.91. The molecule has 4 nitrogen and oxygen atoms in total. The Morgan fingerprint density at radius 3 is 1.74 bits per heavy atom. The maximum absolute atomic E-state index is 11.0. The summed E-state index contributed by atoms with van der Waals surface area (Å²) >= 11 is 0. The maximum atomic E-state index is 11.0. The minimum atomic E-state index is -0.925. The van der Waals surface area contributed by atoms with Gasteiger partial charge in [-0.05, 0) is 80.4 Å². The summed E-state index contributed by atoms with van der Waals surface area (Å²) in [4.78, 5) is 11.0. The number of carbonyl (C=O) groups is 1. The van der Waals surface area contributed by atoms with E-state index in [1.165, 1.54) is 0 Å². The summed E-state index contributed by atoms with van der Waals surface area (Å²) in [5, 5.41) is 9.00. The molecule has 0 heterocycles. The lowest BCUT2D eigenvalue weighted by atomic mass is 10.0. The van der Waals surface area contributed by atoms with Gasteiger partial charge in [0.05, 0.1) is 17.8 Å². The zero-order valence-corrected chi connectivity index (χ0v) is 18.0. The van der Waals surface area contributed by atoms with E-state index < -0.39 is 5.97 Å². The van der Waals surface area contributed by atoms with Crippen molar-refractivity contribution in [3.8, 4) is 28.7 Å². The molecule has 0 spiro atoms. The zero-order chi connectivity index (χ0) is 22.3. The number of carboxylic acids is 1. The quantitative estimate of drug-likeness (QED) is 0.419. The van der Waals surface area contributed by atoms with Crippen molar-refractivity contribution in [2.24, 2.45) is 0 Å². The molecule has 4 heteroatoms. The van der Waals surface area contributed by atoms with Gasteiger partial charge in [0.2, 0.25) is 0 Å². The number of benzene rings is 3. The first-order valence-corrected chi connectivity index (χ1v) is 10.1. The van der Waals surface area contributed by atoms with E-state index in [9.17, 15) is 4.79 Å². The van der Waals surface area contributed by atoms with Crippen molar-refractivity contribution in [2.45, 2.75) is 26.4 Å². The van der Waals surface area contributed by atoms with Crippen LogP contribution < -0.4 is 4.74 Å². The van der Waals surface area contributed by atoms with E-state index in [0.717, 1.165) is 28.0 Å². The average Bonchev–Trinajstić information content (AvgIpc) is 2.76. The monoisotopic (exact) mass is 414 g/mol. The molecule has 0 atom stereocenters. The van der Waals surface area contributed by atoms with E-state index in [0.29, 0.717) is 13.2 Å². The Labute approximate surface area is 183 Å². The van der Waals surface area contributed by atoms with Crippen LogP contribution >= 0.6 is 0 Å². The van der Waals surface area contributed by atoms with Crippen molar-refractivity contribution >= 4 is 5.97 Å². The first-order valence-electron chi connectivity index (χ1n) is 10.1. The Morgan fingerprint density at radius 1 is 0.774 bits per heavy atom. The minimum Gasteiger partial charge on any atom is -0.491 e. The lowest BCUT2D eigenvalue weighted by Crippen LogP contribution is -2.22. The van der Waals surface area contributed by atoms with Crippen LogP contribution in [0.1, 0.15) is 42.3 Å². The van der Waals surface area contributed by atoms with Gasteiger partial charge in [0.15, 0.2) is 0 Å². The maximum Gasteiger partial charge on any atom is 0.335 e. The first-order chi connectivity index (χ1) is 14.8. The van der Waals surface area contributed by atoms with Crippen molar-refractivity contribution in [3.63, 3.8) is 0 Å². The van der Waals surface area contributed by atoms with E-state index in [2.05, 4.69) is 11.8 Å². The summed E-state index contributed by atoms with van der Waals surface area (Å²) in [5.74, 6) is 6.19. The molecule has 0 aromatic heterocycles. The van der Waals surface area contributed by atoms with Gasteiger partial charge in [0, 0.05) is 11.1 Å². The van der Waals surface area contributed by atoms with Gasteiger partial charge < -0.3 is 14.6 Å². The molecule has 31 heavy (non-hydrogen) atoms. The Morgan fingerprint density at radius 2 is 1.26 bits per heavy atom. The van der Waals surface area contributed by atoms with Crippen LogP contribution in [0, 0.1) is 11.8 Å². The second-order valence-corrected chi connectivity index (χ2v) is 8.04. The molecule has 0 aliphatic rings. The number of rotatable bonds is 6. The van der Waals surface area contributed by atoms with E-state index in [1.807, 2.05) is 81.4 Å². The van der Waals surface area contributed by atoms with Gasteiger partial charge in [-0.1, -0.05) is 36.1 Å². The smallest absolute Gasteiger partial charge is 0.335 e. The number of aromatic carboxylic acids is 1. The largest absolute Gasteiger partial charge is 0.491 e. The van der Waals surface area contributed by atoms with Gasteiger partial charge in [-0.3, -0.25) is 0 Å². The van der Waals surface area contributed by atoms with E-state index in [-0.39, 0.29) is 11.2 Å². The van der Waals surface area contributed by atoms with Crippen molar-refractivity contribution in [1.82, 2.24) is 0 Å². The summed E-state index contributed by atoms with van der Waals surface area (Å²) in [6.45, 7) is 7.12. The summed E-state index contributed by atoms with van der Waals surface area (Å²) in [6.07, 6.45) is 0. The summed E-state index contributed by atoms with van der Waals surface area (Å²) in [6, 6.07) is 22.4. The SMILES string of the molecule is CC(C)(C)OCCOc1ccc(C#Cc2ccc(-c3ccc(C(=O)O)cc3)cc2)cc1. The van der Waals surface area contributed by atoms with Crippen LogP contribution in [0.15, 0.2) is 72.8 Å². The predicted octanol–water partition coefficient (Wildman–Crippen LogP) is 5.65. The molecule has 0 aliphatic heterocycles. The Bertz CT molecular complexity index is 1060. The number of carboxylic acid groups (broad SMARTS) is 1. The predicted molar refractivity (Wildman–Crippen MR) is 122 cm³/mol. The fraction of sp³-hybridized carbons (Fsp3) is 0.222. The molecule has 0 fully saturated rings. The van der Waals surface area contributed by atoms with Gasteiger partial charge in [0.25, 0.3) is 0 Å². The van der Waals surface area contributed by atoms with Gasteiger partial charge >= 0.3 is 5.97 Å². The van der Waals surface area contributed by atoms with Crippen LogP contribution in [-0.4, -0.2) is 29.9 Å². The standard InChI is InChI=1S/C27H26O4/c1-27(2,3)31-19-18-30-25-16-8-21(9-17-25)5-4-20-6-10-22(11-7-20)23-12-14-24(15-13-23)26(28)29/h6-17H,18-19H2,1-3H3,(H,28,29). The zero-order valence-electron chi connectivity index (χ0n) is 18.0. The van der Waals surface area contributed by atoms with Gasteiger partial charge in [-0.15, -0.1) is 0 Å². The number of hydrogen-bond donors (Lipinski definition) is 1. The van der Waals surface area contributed by atoms with E-state index in [1.54, 1.807) is 12.1 Å². The highest BCUT2D eigenvalue weighted by Crippen LogP contribution is 2.20. The normalized spacial score (nSPS) is 10.8. The lowest BCUT2D eigenvalue weighted by molar-refractivity contribution is -0.0163. The van der Waals surface area contributed by atoms with Gasteiger partial charge in [-0.25, -0.2) is 4.79 Å². The third-order valence-corrected chi connectivity index (χ3v) is 4.44. The highest BCUT2D eigenvalue weighted by molar-refractivity contribution is 5.88. The molecule has 0 saturated heterocycles. The van der Waals surface area contributed by atoms with Crippen molar-refractivity contribution in [2.75, 3.05) is 13.2 Å². The molecular weight excluding hydrogens is 388 g/mol. The molecule has 158 valence electrons. The Kier molecular flexibility index (Phi) is 7.12. The number of ether oxygens (including phenoxy) is 2.